The molecule has 0 radical (unpaired) electrons. The first-order chi connectivity index (χ1) is 21.8. The lowest BCUT2D eigenvalue weighted by Crippen LogP contribution is -2.58. The molecule has 1 aromatic rings. The van der Waals surface area contributed by atoms with Crippen molar-refractivity contribution in [2.24, 2.45) is 17.8 Å². The standard InChI is InChI=1S/C34H59N7O5/c1-10-14-27(39-34(46)29(23(9)11-2)41-30(42)24-15-17-35-18-16-24)32(44)38-25(19-21(5)6)20-37-26(12-3)31(43)40-28(22(7)8)33(45)36-13-4/h15-18,21-23,25-29,37H,10-14,19-20H2,1-9H3,(H,36,45)(H,38,44)(H,39,46)(H,40,43)(H,41,42)/p+1/t23-,25-,26-,27-,28-,29-/m0/s1. The largest absolute Gasteiger partial charge is 0.355 e. The summed E-state index contributed by atoms with van der Waals surface area (Å²) in [4.78, 5) is 68.6. The number of pyridine rings is 1. The molecule has 0 saturated heterocycles. The Kier molecular flexibility index (Phi) is 18.7. The van der Waals surface area contributed by atoms with Crippen molar-refractivity contribution in [1.82, 2.24) is 31.9 Å². The predicted molar refractivity (Wildman–Crippen MR) is 179 cm³/mol. The van der Waals surface area contributed by atoms with Crippen molar-refractivity contribution in [3.8, 4) is 0 Å². The van der Waals surface area contributed by atoms with Crippen LogP contribution in [0.5, 0.6) is 0 Å². The first kappa shape index (κ1) is 40.5. The summed E-state index contributed by atoms with van der Waals surface area (Å²) in [5.41, 5.74) is 0.426. The van der Waals surface area contributed by atoms with Gasteiger partial charge >= 0.3 is 0 Å². The van der Waals surface area contributed by atoms with E-state index in [-0.39, 0.29) is 47.4 Å². The number of carbonyl (C=O) groups excluding carboxylic acids is 5. The van der Waals surface area contributed by atoms with Crippen LogP contribution in [0, 0.1) is 17.8 Å². The Morgan fingerprint density at radius 3 is 1.87 bits per heavy atom. The van der Waals surface area contributed by atoms with Crippen LogP contribution in [0.1, 0.15) is 105 Å². The predicted octanol–water partition coefficient (Wildman–Crippen LogP) is 2.11. The molecule has 0 aromatic carbocycles. The monoisotopic (exact) mass is 646 g/mol. The quantitative estimate of drug-likeness (QED) is 0.119. The highest BCUT2D eigenvalue weighted by Gasteiger charge is 2.31. The maximum Gasteiger partial charge on any atom is 0.252 e. The number of hydrogen-bond acceptors (Lipinski definition) is 6. The molecule has 7 N–H and O–H groups in total. The average molecular weight is 647 g/mol. The zero-order chi connectivity index (χ0) is 34.8. The summed E-state index contributed by atoms with van der Waals surface area (Å²) in [5, 5.41) is 17.8. The van der Waals surface area contributed by atoms with E-state index >= 15 is 0 Å². The van der Waals surface area contributed by atoms with Gasteiger partial charge in [-0.3, -0.25) is 24.0 Å². The van der Waals surface area contributed by atoms with Crippen LogP contribution in [-0.2, 0) is 19.2 Å². The molecule has 0 spiro atoms. The van der Waals surface area contributed by atoms with E-state index < -0.39 is 30.1 Å². The van der Waals surface area contributed by atoms with E-state index in [1.165, 1.54) is 0 Å². The molecule has 12 nitrogen and oxygen atoms in total. The lowest BCUT2D eigenvalue weighted by Gasteiger charge is -2.29. The van der Waals surface area contributed by atoms with Crippen molar-refractivity contribution >= 4 is 29.5 Å². The van der Waals surface area contributed by atoms with Crippen molar-refractivity contribution in [3.63, 3.8) is 0 Å². The second-order valence-corrected chi connectivity index (χ2v) is 12.8. The smallest absolute Gasteiger partial charge is 0.252 e. The molecule has 1 aromatic heterocycles. The summed E-state index contributed by atoms with van der Waals surface area (Å²) in [5.74, 6) is -1.58. The van der Waals surface area contributed by atoms with E-state index in [1.807, 2.05) is 48.5 Å². The maximum atomic E-state index is 13.6. The molecule has 5 amide bonds. The molecule has 0 aliphatic heterocycles. The summed E-state index contributed by atoms with van der Waals surface area (Å²) >= 11 is 0. The van der Waals surface area contributed by atoms with Gasteiger partial charge in [0.1, 0.15) is 18.1 Å². The summed E-state index contributed by atoms with van der Waals surface area (Å²) < 4.78 is 0. The average Bonchev–Trinajstić information content (AvgIpc) is 3.01. The molecule has 260 valence electrons. The fourth-order valence-electron chi connectivity index (χ4n) is 5.13. The second kappa shape index (κ2) is 21.3. The zero-order valence-corrected chi connectivity index (χ0v) is 29.4. The number of likely N-dealkylation sites (N-methyl/N-ethyl adjacent to an activating group) is 1. The number of nitrogens with one attached hydrogen (secondary N) is 7. The summed E-state index contributed by atoms with van der Waals surface area (Å²) in [6, 6.07) is 0.135. The van der Waals surface area contributed by atoms with Gasteiger partial charge in [0.05, 0.1) is 11.6 Å². The lowest BCUT2D eigenvalue weighted by molar-refractivity contribution is -0.378. The Balaban J connectivity index is 3.01. The van der Waals surface area contributed by atoms with E-state index in [0.717, 1.165) is 0 Å². The van der Waals surface area contributed by atoms with Gasteiger partial charge in [-0.25, -0.2) is 4.98 Å². The summed E-state index contributed by atoms with van der Waals surface area (Å²) in [7, 11) is 0. The lowest BCUT2D eigenvalue weighted by atomic mass is 9.97. The first-order valence-corrected chi connectivity index (χ1v) is 17.0. The number of amides is 5. The fourth-order valence-corrected chi connectivity index (χ4v) is 5.13. The van der Waals surface area contributed by atoms with Crippen molar-refractivity contribution in [1.29, 1.82) is 0 Å². The number of aromatic nitrogens is 1. The Bertz CT molecular complexity index is 1100. The number of rotatable bonds is 21. The summed E-state index contributed by atoms with van der Waals surface area (Å²) in [6.45, 7) is 18.2. The Labute approximate surface area is 275 Å². The molecular formula is C34H60N7O5+. The molecule has 0 aliphatic rings. The van der Waals surface area contributed by atoms with E-state index in [2.05, 4.69) is 50.7 Å². The topological polar surface area (TPSA) is 172 Å². The highest BCUT2D eigenvalue weighted by atomic mass is 16.2. The Morgan fingerprint density at radius 2 is 1.35 bits per heavy atom. The van der Waals surface area contributed by atoms with Gasteiger partial charge in [0.25, 0.3) is 5.91 Å². The van der Waals surface area contributed by atoms with Crippen LogP contribution in [0.3, 0.4) is 0 Å². The van der Waals surface area contributed by atoms with Crippen LogP contribution >= 0.6 is 0 Å². The van der Waals surface area contributed by atoms with Gasteiger partial charge in [-0.05, 0) is 43.9 Å². The minimum atomic E-state index is -0.820. The van der Waals surface area contributed by atoms with Crippen LogP contribution in [-0.4, -0.2) is 72.8 Å². The normalized spacial score (nSPS) is 15.2. The van der Waals surface area contributed by atoms with Gasteiger partial charge in [0.2, 0.25) is 23.6 Å². The Hall–Kier alpha value is -3.54. The van der Waals surface area contributed by atoms with E-state index in [0.29, 0.717) is 50.8 Å². The minimum absolute atomic E-state index is 0.0862. The molecule has 0 aliphatic carbocycles. The van der Waals surface area contributed by atoms with Crippen molar-refractivity contribution in [2.75, 3.05) is 13.1 Å². The molecule has 0 unspecified atom stereocenters. The van der Waals surface area contributed by atoms with Gasteiger partial charge < -0.3 is 31.9 Å². The van der Waals surface area contributed by atoms with Crippen LogP contribution < -0.4 is 36.9 Å². The van der Waals surface area contributed by atoms with E-state index in [9.17, 15) is 24.0 Å². The van der Waals surface area contributed by atoms with Crippen molar-refractivity contribution in [3.05, 3.63) is 30.1 Å². The molecule has 6 atom stereocenters. The number of aromatic amines is 1. The van der Waals surface area contributed by atoms with E-state index in [1.54, 1.807) is 24.5 Å². The molecule has 12 heteroatoms. The minimum Gasteiger partial charge on any atom is -0.355 e. The molecule has 0 fully saturated rings. The molecule has 1 rings (SSSR count). The zero-order valence-electron chi connectivity index (χ0n) is 29.4. The van der Waals surface area contributed by atoms with Crippen LogP contribution in [0.25, 0.3) is 0 Å². The van der Waals surface area contributed by atoms with Crippen LogP contribution in [0.15, 0.2) is 24.5 Å². The Morgan fingerprint density at radius 1 is 0.717 bits per heavy atom. The molecular weight excluding hydrogens is 586 g/mol. The van der Waals surface area contributed by atoms with Crippen molar-refractivity contribution in [2.45, 2.75) is 125 Å². The molecule has 0 bridgehead atoms. The van der Waals surface area contributed by atoms with Gasteiger partial charge in [0.15, 0.2) is 12.4 Å². The fraction of sp³-hybridized carbons (Fsp3) is 0.706. The highest BCUT2D eigenvalue weighted by Crippen LogP contribution is 2.12. The highest BCUT2D eigenvalue weighted by molar-refractivity contribution is 5.98. The van der Waals surface area contributed by atoms with Gasteiger partial charge in [-0.1, -0.05) is 68.2 Å². The van der Waals surface area contributed by atoms with E-state index in [4.69, 9.17) is 0 Å². The van der Waals surface area contributed by atoms with Gasteiger partial charge in [-0.2, -0.15) is 0 Å². The van der Waals surface area contributed by atoms with Crippen molar-refractivity contribution < 1.29 is 29.0 Å². The third kappa shape index (κ3) is 13.8. The molecule has 46 heavy (non-hydrogen) atoms. The maximum absolute atomic E-state index is 13.6. The van der Waals surface area contributed by atoms with Gasteiger partial charge in [-0.15, -0.1) is 0 Å². The van der Waals surface area contributed by atoms with Crippen LogP contribution in [0.4, 0.5) is 0 Å². The summed E-state index contributed by atoms with van der Waals surface area (Å²) in [6.07, 6.45) is 6.16. The second-order valence-electron chi connectivity index (χ2n) is 12.8. The number of carbonyl (C=O) groups is 5. The SMILES string of the molecule is CCC[C@H](NC(=O)[C@@H](NC(=O)c1cc[nH+]cc1)[C@@H](C)CC)C(=O)N[C@H](CN[C@@H](CC)C(=O)N[C@H](C(=O)NCC)C(C)C)CC(C)C. The third-order valence-corrected chi connectivity index (χ3v) is 8.01. The molecule has 0 saturated carbocycles. The first-order valence-electron chi connectivity index (χ1n) is 17.0. The van der Waals surface area contributed by atoms with Crippen LogP contribution in [0.2, 0.25) is 0 Å². The van der Waals surface area contributed by atoms with Gasteiger partial charge in [0, 0.05) is 31.3 Å². The molecule has 1 heterocycles. The number of hydrogen-bond donors (Lipinski definition) is 6. The number of H-pyrrole nitrogens is 1. The third-order valence-electron chi connectivity index (χ3n) is 8.01.